The van der Waals surface area contributed by atoms with Crippen molar-refractivity contribution >= 4 is 39.7 Å². The molecule has 0 aliphatic carbocycles. The number of fused-ring (bicyclic) bond motifs is 1. The minimum atomic E-state index is 0.0210. The lowest BCUT2D eigenvalue weighted by Crippen LogP contribution is -2.57. The Hall–Kier alpha value is -1.82. The summed E-state index contributed by atoms with van der Waals surface area (Å²) in [4.78, 5) is 20.7. The largest absolute Gasteiger partial charge is 0.361 e. The fourth-order valence-electron chi connectivity index (χ4n) is 3.71. The van der Waals surface area contributed by atoms with E-state index in [2.05, 4.69) is 40.6 Å². The Morgan fingerprint density at radius 2 is 2.12 bits per heavy atom. The van der Waals surface area contributed by atoms with E-state index in [4.69, 9.17) is 11.6 Å². The topological polar surface area (TPSA) is 39.3 Å². The summed E-state index contributed by atoms with van der Waals surface area (Å²) in [5, 5.41) is 5.82. The number of aromatic amines is 1. The predicted octanol–water partition coefficient (Wildman–Crippen LogP) is 4.62. The molecule has 4 rings (SSSR count). The van der Waals surface area contributed by atoms with Gasteiger partial charge in [0, 0.05) is 48.8 Å². The third-order valence-electron chi connectivity index (χ3n) is 5.21. The Kier molecular flexibility index (Phi) is 4.78. The maximum atomic E-state index is 13.2. The molecule has 1 aliphatic heterocycles. The van der Waals surface area contributed by atoms with Gasteiger partial charge in [0.1, 0.15) is 0 Å². The van der Waals surface area contributed by atoms with Crippen molar-refractivity contribution in [2.24, 2.45) is 0 Å². The summed E-state index contributed by atoms with van der Waals surface area (Å²) >= 11 is 8.13. The Labute approximate surface area is 162 Å². The standard InChI is InChI=1S/C20H22ClN3OS/c1-13-10-24(14(2)9-23(13)11-15-4-6-26-12-15)20(25)17-7-16-3-5-22-19(16)8-18(17)21/h3-8,12-14,22H,9-11H2,1-2H3/t13-,14+/m0/s1. The summed E-state index contributed by atoms with van der Waals surface area (Å²) in [7, 11) is 0. The van der Waals surface area contributed by atoms with E-state index in [0.717, 1.165) is 24.0 Å². The molecule has 1 amide bonds. The first-order valence-electron chi connectivity index (χ1n) is 8.85. The molecule has 0 saturated carbocycles. The van der Waals surface area contributed by atoms with Gasteiger partial charge in [-0.3, -0.25) is 9.69 Å². The van der Waals surface area contributed by atoms with Gasteiger partial charge in [0.05, 0.1) is 10.6 Å². The Bertz CT molecular complexity index is 920. The molecule has 136 valence electrons. The summed E-state index contributed by atoms with van der Waals surface area (Å²) in [5.41, 5.74) is 2.88. The van der Waals surface area contributed by atoms with Crippen LogP contribution >= 0.6 is 22.9 Å². The summed E-state index contributed by atoms with van der Waals surface area (Å²) in [6.07, 6.45) is 1.86. The van der Waals surface area contributed by atoms with Crippen LogP contribution in [0.4, 0.5) is 0 Å². The molecular formula is C20H22ClN3OS. The zero-order chi connectivity index (χ0) is 18.3. The van der Waals surface area contributed by atoms with Crippen molar-refractivity contribution in [2.75, 3.05) is 13.1 Å². The summed E-state index contributed by atoms with van der Waals surface area (Å²) in [6.45, 7) is 6.83. The first-order chi connectivity index (χ1) is 12.5. The van der Waals surface area contributed by atoms with Crippen LogP contribution in [0.5, 0.6) is 0 Å². The lowest BCUT2D eigenvalue weighted by atomic mass is 10.0. The summed E-state index contributed by atoms with van der Waals surface area (Å²) < 4.78 is 0. The van der Waals surface area contributed by atoms with Crippen LogP contribution in [0.25, 0.3) is 10.9 Å². The summed E-state index contributed by atoms with van der Waals surface area (Å²) in [6, 6.07) is 8.33. The molecule has 3 heterocycles. The van der Waals surface area contributed by atoms with Crippen LogP contribution in [-0.2, 0) is 6.54 Å². The number of piperazine rings is 1. The van der Waals surface area contributed by atoms with Gasteiger partial charge in [0.15, 0.2) is 0 Å². The Morgan fingerprint density at radius 1 is 1.27 bits per heavy atom. The number of hydrogen-bond donors (Lipinski definition) is 1. The zero-order valence-electron chi connectivity index (χ0n) is 14.9. The predicted molar refractivity (Wildman–Crippen MR) is 108 cm³/mol. The van der Waals surface area contributed by atoms with Gasteiger partial charge in [-0.25, -0.2) is 0 Å². The van der Waals surface area contributed by atoms with Gasteiger partial charge in [-0.1, -0.05) is 11.6 Å². The third kappa shape index (κ3) is 3.27. The summed E-state index contributed by atoms with van der Waals surface area (Å²) in [5.74, 6) is 0.0210. The van der Waals surface area contributed by atoms with Gasteiger partial charge in [-0.2, -0.15) is 11.3 Å². The number of nitrogens with zero attached hydrogens (tertiary/aromatic N) is 2. The molecule has 1 aliphatic rings. The molecule has 0 unspecified atom stereocenters. The van der Waals surface area contributed by atoms with E-state index in [-0.39, 0.29) is 11.9 Å². The Balaban J connectivity index is 1.53. The maximum Gasteiger partial charge on any atom is 0.255 e. The van der Waals surface area contributed by atoms with Crippen LogP contribution in [-0.4, -0.2) is 45.9 Å². The van der Waals surface area contributed by atoms with Crippen LogP contribution in [0.1, 0.15) is 29.8 Å². The monoisotopic (exact) mass is 387 g/mol. The minimum absolute atomic E-state index is 0.0210. The smallest absolute Gasteiger partial charge is 0.255 e. The van der Waals surface area contributed by atoms with E-state index >= 15 is 0 Å². The van der Waals surface area contributed by atoms with Crippen LogP contribution in [0.15, 0.2) is 41.2 Å². The molecule has 0 spiro atoms. The van der Waals surface area contributed by atoms with Gasteiger partial charge in [0.2, 0.25) is 0 Å². The van der Waals surface area contributed by atoms with Crippen molar-refractivity contribution in [1.82, 2.24) is 14.8 Å². The van der Waals surface area contributed by atoms with Crippen molar-refractivity contribution in [3.05, 3.63) is 57.4 Å². The number of H-pyrrole nitrogens is 1. The van der Waals surface area contributed by atoms with Crippen molar-refractivity contribution in [3.63, 3.8) is 0 Å². The van der Waals surface area contributed by atoms with Gasteiger partial charge in [-0.05, 0) is 54.4 Å². The van der Waals surface area contributed by atoms with Gasteiger partial charge in [-0.15, -0.1) is 0 Å². The number of nitrogens with one attached hydrogen (secondary N) is 1. The second kappa shape index (κ2) is 7.06. The van der Waals surface area contributed by atoms with Crippen LogP contribution in [0.2, 0.25) is 5.02 Å². The molecule has 0 bridgehead atoms. The molecule has 1 fully saturated rings. The van der Waals surface area contributed by atoms with E-state index in [1.165, 1.54) is 5.56 Å². The van der Waals surface area contributed by atoms with Gasteiger partial charge < -0.3 is 9.88 Å². The molecule has 3 aromatic rings. The number of carbonyl (C=O) groups is 1. The number of hydrogen-bond acceptors (Lipinski definition) is 3. The molecule has 1 aromatic carbocycles. The normalized spacial score (nSPS) is 21.4. The first-order valence-corrected chi connectivity index (χ1v) is 10.2. The van der Waals surface area contributed by atoms with E-state index in [9.17, 15) is 4.79 Å². The molecular weight excluding hydrogens is 366 g/mol. The number of rotatable bonds is 3. The average molecular weight is 388 g/mol. The van der Waals surface area contributed by atoms with E-state index in [1.807, 2.05) is 29.3 Å². The molecule has 6 heteroatoms. The van der Waals surface area contributed by atoms with E-state index in [0.29, 0.717) is 23.2 Å². The lowest BCUT2D eigenvalue weighted by Gasteiger charge is -2.44. The fourth-order valence-corrected chi connectivity index (χ4v) is 4.62. The molecule has 1 saturated heterocycles. The highest BCUT2D eigenvalue weighted by atomic mass is 35.5. The van der Waals surface area contributed by atoms with Crippen molar-refractivity contribution in [1.29, 1.82) is 0 Å². The zero-order valence-corrected chi connectivity index (χ0v) is 16.5. The molecule has 2 aromatic heterocycles. The Morgan fingerprint density at radius 3 is 2.88 bits per heavy atom. The van der Waals surface area contributed by atoms with Crippen LogP contribution < -0.4 is 0 Å². The number of amides is 1. The number of carbonyl (C=O) groups excluding carboxylic acids is 1. The second-order valence-corrected chi connectivity index (χ2v) is 8.30. The molecule has 26 heavy (non-hydrogen) atoms. The van der Waals surface area contributed by atoms with E-state index in [1.54, 1.807) is 11.3 Å². The van der Waals surface area contributed by atoms with Crippen molar-refractivity contribution in [3.8, 4) is 0 Å². The number of benzene rings is 1. The highest BCUT2D eigenvalue weighted by Crippen LogP contribution is 2.27. The highest BCUT2D eigenvalue weighted by Gasteiger charge is 2.33. The average Bonchev–Trinajstić information content (AvgIpc) is 3.27. The van der Waals surface area contributed by atoms with Gasteiger partial charge >= 0.3 is 0 Å². The molecule has 1 N–H and O–H groups in total. The van der Waals surface area contributed by atoms with Gasteiger partial charge in [0.25, 0.3) is 5.91 Å². The molecule has 0 radical (unpaired) electrons. The van der Waals surface area contributed by atoms with Crippen molar-refractivity contribution in [2.45, 2.75) is 32.5 Å². The van der Waals surface area contributed by atoms with Crippen LogP contribution in [0, 0.1) is 0 Å². The quantitative estimate of drug-likeness (QED) is 0.712. The minimum Gasteiger partial charge on any atom is -0.361 e. The SMILES string of the molecule is C[C@@H]1CN(Cc2ccsc2)[C@@H](C)CN1C(=O)c1cc2cc[nH]c2cc1Cl. The lowest BCUT2D eigenvalue weighted by molar-refractivity contribution is 0.0291. The maximum absolute atomic E-state index is 13.2. The molecule has 4 nitrogen and oxygen atoms in total. The highest BCUT2D eigenvalue weighted by molar-refractivity contribution is 7.07. The second-order valence-electron chi connectivity index (χ2n) is 7.11. The van der Waals surface area contributed by atoms with Crippen LogP contribution in [0.3, 0.4) is 0 Å². The number of halogens is 1. The number of aromatic nitrogens is 1. The van der Waals surface area contributed by atoms with E-state index < -0.39 is 0 Å². The van der Waals surface area contributed by atoms with Crippen molar-refractivity contribution < 1.29 is 4.79 Å². The fraction of sp³-hybridized carbons (Fsp3) is 0.350. The first kappa shape index (κ1) is 17.6. The third-order valence-corrected chi connectivity index (χ3v) is 6.26. The number of thiophene rings is 1. The molecule has 2 atom stereocenters.